The number of aromatic nitrogens is 4. The van der Waals surface area contributed by atoms with E-state index in [1.165, 1.54) is 16.3 Å². The van der Waals surface area contributed by atoms with Gasteiger partial charge in [-0.15, -0.1) is 10.2 Å². The van der Waals surface area contributed by atoms with Crippen molar-refractivity contribution >= 4 is 51.6 Å². The standard InChI is InChI=1S/C19H16ClN5O2S/c1-11(16(26)21-13-7-5-6-12(20)10-13)28-19-23-22-18-24(2)17(27)14-8-3-4-9-15(14)25(18)19/h3-11H,1-2H3,(H,21,26). The molecule has 1 unspecified atom stereocenters. The van der Waals surface area contributed by atoms with E-state index in [1.807, 2.05) is 18.2 Å². The number of fused-ring (bicyclic) bond motifs is 3. The summed E-state index contributed by atoms with van der Waals surface area (Å²) in [6.45, 7) is 1.79. The van der Waals surface area contributed by atoms with Gasteiger partial charge in [0.1, 0.15) is 0 Å². The van der Waals surface area contributed by atoms with Crippen LogP contribution >= 0.6 is 23.4 Å². The highest BCUT2D eigenvalue weighted by atomic mass is 35.5. The van der Waals surface area contributed by atoms with E-state index in [0.29, 0.717) is 32.5 Å². The normalized spacial score (nSPS) is 12.4. The predicted molar refractivity (Wildman–Crippen MR) is 111 cm³/mol. The quantitative estimate of drug-likeness (QED) is 0.519. The number of carbonyl (C=O) groups is 1. The van der Waals surface area contributed by atoms with Gasteiger partial charge in [0, 0.05) is 17.8 Å². The predicted octanol–water partition coefficient (Wildman–Crippen LogP) is 3.35. The number of amides is 1. The van der Waals surface area contributed by atoms with E-state index in [0.717, 1.165) is 0 Å². The molecule has 7 nitrogen and oxygen atoms in total. The Bertz CT molecular complexity index is 1270. The van der Waals surface area contributed by atoms with E-state index < -0.39 is 5.25 Å². The molecule has 2 heterocycles. The molecular formula is C19H16ClN5O2S. The second-order valence-corrected chi connectivity index (χ2v) is 8.00. The molecular weight excluding hydrogens is 398 g/mol. The molecule has 0 spiro atoms. The van der Waals surface area contributed by atoms with Crippen molar-refractivity contribution in [2.75, 3.05) is 5.32 Å². The first-order chi connectivity index (χ1) is 13.5. The minimum absolute atomic E-state index is 0.140. The number of thioether (sulfide) groups is 1. The minimum Gasteiger partial charge on any atom is -0.325 e. The van der Waals surface area contributed by atoms with E-state index in [9.17, 15) is 9.59 Å². The molecule has 2 aromatic heterocycles. The Morgan fingerprint density at radius 2 is 1.96 bits per heavy atom. The summed E-state index contributed by atoms with van der Waals surface area (Å²) in [5.41, 5.74) is 1.19. The monoisotopic (exact) mass is 413 g/mol. The fourth-order valence-corrected chi connectivity index (χ4v) is 3.96. The molecule has 0 radical (unpaired) electrons. The van der Waals surface area contributed by atoms with Crippen LogP contribution in [0.2, 0.25) is 5.02 Å². The van der Waals surface area contributed by atoms with Crippen molar-refractivity contribution in [3.05, 3.63) is 63.9 Å². The van der Waals surface area contributed by atoms with Gasteiger partial charge in [0.15, 0.2) is 5.16 Å². The van der Waals surface area contributed by atoms with Crippen LogP contribution in [0.1, 0.15) is 6.92 Å². The fourth-order valence-electron chi connectivity index (χ4n) is 2.91. The Morgan fingerprint density at radius 1 is 1.18 bits per heavy atom. The Hall–Kier alpha value is -2.84. The average Bonchev–Trinajstić information content (AvgIpc) is 3.10. The van der Waals surface area contributed by atoms with E-state index in [2.05, 4.69) is 15.5 Å². The zero-order valence-corrected chi connectivity index (χ0v) is 16.7. The van der Waals surface area contributed by atoms with Gasteiger partial charge < -0.3 is 5.32 Å². The molecule has 28 heavy (non-hydrogen) atoms. The van der Waals surface area contributed by atoms with Gasteiger partial charge in [-0.05, 0) is 37.3 Å². The molecule has 0 fully saturated rings. The summed E-state index contributed by atoms with van der Waals surface area (Å²) < 4.78 is 3.25. The van der Waals surface area contributed by atoms with Gasteiger partial charge in [0.2, 0.25) is 11.7 Å². The van der Waals surface area contributed by atoms with Crippen LogP contribution in [-0.2, 0) is 11.8 Å². The summed E-state index contributed by atoms with van der Waals surface area (Å²) in [4.78, 5) is 25.1. The van der Waals surface area contributed by atoms with Crippen LogP contribution in [0.4, 0.5) is 5.69 Å². The average molecular weight is 414 g/mol. The highest BCUT2D eigenvalue weighted by molar-refractivity contribution is 8.00. The summed E-state index contributed by atoms with van der Waals surface area (Å²) in [5.74, 6) is 0.242. The first kappa shape index (κ1) is 18.5. The van der Waals surface area contributed by atoms with Crippen LogP contribution in [0.5, 0.6) is 0 Å². The Morgan fingerprint density at radius 3 is 2.75 bits per heavy atom. The number of hydrogen-bond acceptors (Lipinski definition) is 5. The van der Waals surface area contributed by atoms with Gasteiger partial charge in [-0.25, -0.2) is 0 Å². The molecule has 0 saturated carbocycles. The number of anilines is 1. The number of carbonyl (C=O) groups excluding carboxylic acids is 1. The van der Waals surface area contributed by atoms with Crippen molar-refractivity contribution in [2.24, 2.45) is 7.05 Å². The molecule has 4 rings (SSSR count). The summed E-state index contributed by atoms with van der Waals surface area (Å²) in [7, 11) is 1.66. The number of hydrogen-bond donors (Lipinski definition) is 1. The Kier molecular flexibility index (Phi) is 4.82. The fraction of sp³-hybridized carbons (Fsp3) is 0.158. The van der Waals surface area contributed by atoms with E-state index >= 15 is 0 Å². The molecule has 1 N–H and O–H groups in total. The number of aryl methyl sites for hydroxylation is 1. The van der Waals surface area contributed by atoms with Gasteiger partial charge in [-0.2, -0.15) is 0 Å². The third-order valence-electron chi connectivity index (χ3n) is 4.34. The first-order valence-corrected chi connectivity index (χ1v) is 9.77. The van der Waals surface area contributed by atoms with Gasteiger partial charge in [-0.1, -0.05) is 41.6 Å². The van der Waals surface area contributed by atoms with Crippen molar-refractivity contribution in [3.8, 4) is 0 Å². The molecule has 142 valence electrons. The van der Waals surface area contributed by atoms with Crippen LogP contribution in [0, 0.1) is 0 Å². The van der Waals surface area contributed by atoms with Crippen molar-refractivity contribution < 1.29 is 4.79 Å². The third-order valence-corrected chi connectivity index (χ3v) is 5.62. The van der Waals surface area contributed by atoms with Crippen LogP contribution in [0.15, 0.2) is 58.5 Å². The molecule has 0 bridgehead atoms. The molecule has 1 amide bonds. The van der Waals surface area contributed by atoms with Gasteiger partial charge in [0.25, 0.3) is 5.56 Å². The van der Waals surface area contributed by atoms with Gasteiger partial charge in [0.05, 0.1) is 16.2 Å². The molecule has 0 aliphatic heterocycles. The highest BCUT2D eigenvalue weighted by Crippen LogP contribution is 2.26. The molecule has 4 aromatic rings. The lowest BCUT2D eigenvalue weighted by atomic mass is 10.2. The SMILES string of the molecule is CC(Sc1nnc2n(C)c(=O)c3ccccc3n12)C(=O)Nc1cccc(Cl)c1. The van der Waals surface area contributed by atoms with Crippen molar-refractivity contribution in [1.29, 1.82) is 0 Å². The second kappa shape index (κ2) is 7.29. The number of rotatable bonds is 4. The van der Waals surface area contributed by atoms with Gasteiger partial charge >= 0.3 is 0 Å². The lowest BCUT2D eigenvalue weighted by Gasteiger charge is -2.12. The largest absolute Gasteiger partial charge is 0.325 e. The maximum Gasteiger partial charge on any atom is 0.262 e. The van der Waals surface area contributed by atoms with Crippen molar-refractivity contribution in [2.45, 2.75) is 17.3 Å². The summed E-state index contributed by atoms with van der Waals surface area (Å²) in [5, 5.41) is 12.4. The maximum atomic E-state index is 12.6. The van der Waals surface area contributed by atoms with Crippen LogP contribution in [0.3, 0.4) is 0 Å². The zero-order chi connectivity index (χ0) is 19.8. The topological polar surface area (TPSA) is 81.3 Å². The summed E-state index contributed by atoms with van der Waals surface area (Å²) in [6, 6.07) is 14.2. The maximum absolute atomic E-state index is 12.6. The highest BCUT2D eigenvalue weighted by Gasteiger charge is 2.21. The van der Waals surface area contributed by atoms with Crippen LogP contribution in [0.25, 0.3) is 16.7 Å². The Labute approximate surface area is 169 Å². The zero-order valence-electron chi connectivity index (χ0n) is 15.1. The number of nitrogens with one attached hydrogen (secondary N) is 1. The van der Waals surface area contributed by atoms with Crippen molar-refractivity contribution in [3.63, 3.8) is 0 Å². The molecule has 2 aromatic carbocycles. The Balaban J connectivity index is 1.68. The lowest BCUT2D eigenvalue weighted by Crippen LogP contribution is -2.23. The summed E-state index contributed by atoms with van der Waals surface area (Å²) in [6.07, 6.45) is 0. The first-order valence-electron chi connectivity index (χ1n) is 8.51. The summed E-state index contributed by atoms with van der Waals surface area (Å²) >= 11 is 7.24. The van der Waals surface area contributed by atoms with E-state index in [4.69, 9.17) is 11.6 Å². The third kappa shape index (κ3) is 3.25. The van der Waals surface area contributed by atoms with Crippen LogP contribution < -0.4 is 10.9 Å². The minimum atomic E-state index is -0.442. The molecule has 1 atom stereocenters. The molecule has 9 heteroatoms. The van der Waals surface area contributed by atoms with Gasteiger partial charge in [-0.3, -0.25) is 18.6 Å². The smallest absolute Gasteiger partial charge is 0.262 e. The van der Waals surface area contributed by atoms with Crippen LogP contribution in [-0.4, -0.2) is 30.3 Å². The lowest BCUT2D eigenvalue weighted by molar-refractivity contribution is -0.115. The molecule has 0 aliphatic rings. The second-order valence-electron chi connectivity index (χ2n) is 6.26. The molecule has 0 saturated heterocycles. The van der Waals surface area contributed by atoms with E-state index in [-0.39, 0.29) is 11.5 Å². The van der Waals surface area contributed by atoms with E-state index in [1.54, 1.807) is 48.7 Å². The number of benzene rings is 2. The number of halogens is 1. The molecule has 0 aliphatic carbocycles. The number of nitrogens with zero attached hydrogens (tertiary/aromatic N) is 4. The van der Waals surface area contributed by atoms with Crippen molar-refractivity contribution in [1.82, 2.24) is 19.2 Å². The number of para-hydroxylation sites is 1.